The van der Waals surface area contributed by atoms with E-state index in [-0.39, 0.29) is 0 Å². The maximum atomic E-state index is 12.6. The molecular formula is C42H71N3O31. The number of amides is 3. The molecule has 0 radical (unpaired) electrons. The molecule has 20 N–H and O–H groups in total. The van der Waals surface area contributed by atoms with Gasteiger partial charge in [-0.1, -0.05) is 0 Å². The van der Waals surface area contributed by atoms with E-state index in [0.29, 0.717) is 0 Å². The predicted octanol–water partition coefficient (Wildman–Crippen LogP) is -13.7. The standard InChI is InChI=1S/C42H71N3O31/c1-10(51)43-19-25(57)33(15(6-48)67-37(19)65)75-42-32(64)36(76-39-21(45-12(3)53)27(59)35(17(8-50)71-39)74-41-31(63)29(61)23(55)14(5-47)69-41)24(56)18(72-42)9-66-38-20(44-11(2)52)26(58)34(16(7-49)70-38)73-40-30(62)28(60)22(54)13(4-46)68-40/h13-42,46-50,54-65H,4-9H2,1-3H3,(H,43,51)(H,44,52)(H,45,53)/t13-,14-,15-,16-,17-,18-,19-,20-,21-,22+,23+,24-,25-,26-,27-,28+,29+,30-,31-,32+,33-,34-,35-,36+,37-,38-,39+,40+,41+,42+/m1/s1. The largest absolute Gasteiger partial charge is 0.394 e. The summed E-state index contributed by atoms with van der Waals surface area (Å²) in [6, 6.07) is -5.11. The third-order valence-electron chi connectivity index (χ3n) is 13.6. The summed E-state index contributed by atoms with van der Waals surface area (Å²) in [5.74, 6) is -2.43. The van der Waals surface area contributed by atoms with Crippen molar-refractivity contribution in [2.45, 2.75) is 205 Å². The first-order valence-corrected chi connectivity index (χ1v) is 24.1. The number of ether oxygens (including phenoxy) is 11. The molecule has 0 saturated carbocycles. The minimum absolute atomic E-state index is 0.760. The van der Waals surface area contributed by atoms with Gasteiger partial charge < -0.3 is 155 Å². The molecule has 0 spiro atoms. The van der Waals surface area contributed by atoms with Crippen LogP contribution >= 0.6 is 0 Å². The molecule has 0 aliphatic carbocycles. The average molecular weight is 1110 g/mol. The lowest BCUT2D eigenvalue weighted by molar-refractivity contribution is -0.381. The highest BCUT2D eigenvalue weighted by Gasteiger charge is 2.57. The first kappa shape index (κ1) is 62.5. The summed E-state index contributed by atoms with van der Waals surface area (Å²) >= 11 is 0. The van der Waals surface area contributed by atoms with Gasteiger partial charge in [0.2, 0.25) is 17.7 Å². The van der Waals surface area contributed by atoms with Crippen molar-refractivity contribution in [2.24, 2.45) is 0 Å². The fraction of sp³-hybridized carbons (Fsp3) is 0.929. The Bertz CT molecular complexity index is 1870. The zero-order chi connectivity index (χ0) is 56.2. The summed E-state index contributed by atoms with van der Waals surface area (Å²) in [4.78, 5) is 37.2. The van der Waals surface area contributed by atoms with Gasteiger partial charge in [-0.2, -0.15) is 0 Å². The molecule has 0 unspecified atom stereocenters. The van der Waals surface area contributed by atoms with E-state index in [1.165, 1.54) is 0 Å². The molecule has 0 aromatic heterocycles. The molecule has 3 amide bonds. The molecule has 6 rings (SSSR count). The van der Waals surface area contributed by atoms with Crippen molar-refractivity contribution in [1.29, 1.82) is 0 Å². The Morgan fingerprint density at radius 3 is 1.09 bits per heavy atom. The van der Waals surface area contributed by atoms with E-state index in [1.54, 1.807) is 0 Å². The van der Waals surface area contributed by atoms with Gasteiger partial charge in [-0.25, -0.2) is 0 Å². The minimum Gasteiger partial charge on any atom is -0.394 e. The van der Waals surface area contributed by atoms with E-state index < -0.39 is 241 Å². The summed E-state index contributed by atoms with van der Waals surface area (Å²) in [7, 11) is 0. The van der Waals surface area contributed by atoms with Gasteiger partial charge >= 0.3 is 0 Å². The summed E-state index contributed by atoms with van der Waals surface area (Å²) < 4.78 is 63.4. The van der Waals surface area contributed by atoms with Gasteiger partial charge in [0.15, 0.2) is 37.7 Å². The Morgan fingerprint density at radius 1 is 0.342 bits per heavy atom. The summed E-state index contributed by atoms with van der Waals surface area (Å²) in [5.41, 5.74) is 0. The van der Waals surface area contributed by atoms with Gasteiger partial charge in [-0.15, -0.1) is 0 Å². The highest BCUT2D eigenvalue weighted by atomic mass is 16.8. The van der Waals surface area contributed by atoms with Crippen LogP contribution in [0.2, 0.25) is 0 Å². The topological polar surface area (TPSA) is 533 Å². The van der Waals surface area contributed by atoms with E-state index in [1.807, 2.05) is 0 Å². The van der Waals surface area contributed by atoms with Crippen LogP contribution in [-0.4, -0.2) is 328 Å². The van der Waals surface area contributed by atoms with Crippen LogP contribution in [0.15, 0.2) is 0 Å². The summed E-state index contributed by atoms with van der Waals surface area (Å²) in [6.07, 6.45) is -50.9. The Balaban J connectivity index is 1.29. The molecule has 0 aromatic carbocycles. The van der Waals surface area contributed by atoms with Crippen LogP contribution in [0, 0.1) is 0 Å². The van der Waals surface area contributed by atoms with Crippen LogP contribution in [0.1, 0.15) is 20.8 Å². The van der Waals surface area contributed by atoms with E-state index in [9.17, 15) is 101 Å². The van der Waals surface area contributed by atoms with Crippen molar-refractivity contribution >= 4 is 17.7 Å². The maximum Gasteiger partial charge on any atom is 0.217 e. The van der Waals surface area contributed by atoms with Gasteiger partial charge in [0, 0.05) is 20.8 Å². The van der Waals surface area contributed by atoms with Crippen LogP contribution in [0.25, 0.3) is 0 Å². The molecule has 34 heteroatoms. The first-order chi connectivity index (χ1) is 35.9. The number of carbonyl (C=O) groups excluding carboxylic acids is 3. The molecule has 34 nitrogen and oxygen atoms in total. The number of hydrogen-bond donors (Lipinski definition) is 20. The summed E-state index contributed by atoms with van der Waals surface area (Å²) in [6.45, 7) is -2.60. The average Bonchev–Trinajstić information content (AvgIpc) is 3.37. The second-order valence-corrected chi connectivity index (χ2v) is 19.0. The predicted molar refractivity (Wildman–Crippen MR) is 234 cm³/mol. The van der Waals surface area contributed by atoms with Crippen LogP contribution in [-0.2, 0) is 66.5 Å². The van der Waals surface area contributed by atoms with Gasteiger partial charge in [-0.3, -0.25) is 14.4 Å². The number of aliphatic hydroxyl groups is 17. The molecule has 0 aromatic rings. The van der Waals surface area contributed by atoms with Crippen molar-refractivity contribution in [3.8, 4) is 0 Å². The third-order valence-corrected chi connectivity index (χ3v) is 13.6. The third kappa shape index (κ3) is 13.7. The lowest BCUT2D eigenvalue weighted by atomic mass is 9.94. The van der Waals surface area contributed by atoms with E-state index in [0.717, 1.165) is 20.8 Å². The molecule has 6 aliphatic heterocycles. The van der Waals surface area contributed by atoms with Crippen molar-refractivity contribution < 1.29 is 153 Å². The molecule has 6 heterocycles. The zero-order valence-corrected chi connectivity index (χ0v) is 40.9. The van der Waals surface area contributed by atoms with Crippen LogP contribution in [0.4, 0.5) is 0 Å². The van der Waals surface area contributed by atoms with Gasteiger partial charge in [-0.05, 0) is 0 Å². The van der Waals surface area contributed by atoms with Crippen molar-refractivity contribution in [3.63, 3.8) is 0 Å². The zero-order valence-electron chi connectivity index (χ0n) is 40.9. The molecular weight excluding hydrogens is 1040 g/mol. The SMILES string of the molecule is CC(=O)N[C@@H]1[C@@H](O)[C@H](O[C@@H]2O[C@H](CO[C@@H]3O[C@H](CO)[C@@H](O[C@@H]4O[C@H](CO)[C@H](O)[C@H](O)[C@H]4O)[C@H](O)[C@H]3NC(C)=O)[C@@H](O)[C@H](O[C@@H]3O[C@H](CO)[C@@H](O[C@@H]4O[C@H](CO)[C@H](O)[C@H](O)[C@H]4O)[C@H](O)[C@H]3NC(C)=O)[C@@H]2O)[C@@H](CO)O[C@H]1O. The Morgan fingerprint density at radius 2 is 0.671 bits per heavy atom. The number of rotatable bonds is 19. The lowest BCUT2D eigenvalue weighted by Gasteiger charge is -2.50. The number of nitrogens with one attached hydrogen (secondary N) is 3. The monoisotopic (exact) mass is 1110 g/mol. The molecule has 76 heavy (non-hydrogen) atoms. The summed E-state index contributed by atoms with van der Waals surface area (Å²) in [5, 5.41) is 189. The first-order valence-electron chi connectivity index (χ1n) is 24.1. The molecule has 6 aliphatic rings. The second-order valence-electron chi connectivity index (χ2n) is 19.0. The molecule has 440 valence electrons. The fourth-order valence-corrected chi connectivity index (χ4v) is 9.63. The highest BCUT2D eigenvalue weighted by Crippen LogP contribution is 2.36. The minimum atomic E-state index is -2.27. The maximum absolute atomic E-state index is 12.6. The fourth-order valence-electron chi connectivity index (χ4n) is 9.63. The molecule has 6 fully saturated rings. The number of carbonyl (C=O) groups is 3. The highest BCUT2D eigenvalue weighted by molar-refractivity contribution is 5.74. The smallest absolute Gasteiger partial charge is 0.217 e. The molecule has 0 bridgehead atoms. The van der Waals surface area contributed by atoms with Gasteiger partial charge in [0.1, 0.15) is 146 Å². The van der Waals surface area contributed by atoms with Crippen molar-refractivity contribution in [3.05, 3.63) is 0 Å². The molecule has 30 atom stereocenters. The van der Waals surface area contributed by atoms with Crippen LogP contribution < -0.4 is 16.0 Å². The van der Waals surface area contributed by atoms with Crippen molar-refractivity contribution in [2.75, 3.05) is 39.6 Å². The number of hydrogen-bond acceptors (Lipinski definition) is 31. The van der Waals surface area contributed by atoms with Crippen LogP contribution in [0.3, 0.4) is 0 Å². The van der Waals surface area contributed by atoms with Crippen molar-refractivity contribution in [1.82, 2.24) is 16.0 Å². The second kappa shape index (κ2) is 27.2. The van der Waals surface area contributed by atoms with E-state index in [4.69, 9.17) is 52.1 Å². The van der Waals surface area contributed by atoms with Gasteiger partial charge in [0.05, 0.1) is 39.6 Å². The Hall–Kier alpha value is -2.71. The van der Waals surface area contributed by atoms with E-state index in [2.05, 4.69) is 16.0 Å². The van der Waals surface area contributed by atoms with E-state index >= 15 is 0 Å². The Kier molecular flexibility index (Phi) is 22.3. The quantitative estimate of drug-likeness (QED) is 0.0571. The van der Waals surface area contributed by atoms with Gasteiger partial charge in [0.25, 0.3) is 0 Å². The Labute approximate surface area is 431 Å². The molecule has 6 saturated heterocycles. The lowest BCUT2D eigenvalue weighted by Crippen LogP contribution is -2.70. The van der Waals surface area contributed by atoms with Crippen LogP contribution in [0.5, 0.6) is 0 Å². The number of aliphatic hydroxyl groups excluding tert-OH is 17. The normalized spacial score (nSPS) is 48.2.